The lowest BCUT2D eigenvalue weighted by Crippen LogP contribution is -2.32. The van der Waals surface area contributed by atoms with Crippen LogP contribution in [0.4, 0.5) is 5.00 Å². The van der Waals surface area contributed by atoms with Crippen molar-refractivity contribution in [2.75, 3.05) is 11.9 Å². The Kier molecular flexibility index (Phi) is 6.46. The lowest BCUT2D eigenvalue weighted by molar-refractivity contribution is 0.0527. The highest BCUT2D eigenvalue weighted by atomic mass is 32.1. The van der Waals surface area contributed by atoms with Crippen molar-refractivity contribution in [1.29, 1.82) is 0 Å². The first-order valence-electron chi connectivity index (χ1n) is 9.49. The van der Waals surface area contributed by atoms with Gasteiger partial charge in [-0.2, -0.15) is 0 Å². The van der Waals surface area contributed by atoms with E-state index in [1.165, 1.54) is 0 Å². The second-order valence-electron chi connectivity index (χ2n) is 6.76. The Balaban J connectivity index is 1.89. The van der Waals surface area contributed by atoms with Gasteiger partial charge in [0.1, 0.15) is 5.00 Å². The summed E-state index contributed by atoms with van der Waals surface area (Å²) in [4.78, 5) is 38.2. The molecule has 0 spiro atoms. The number of ether oxygens (including phenoxy) is 1. The van der Waals surface area contributed by atoms with E-state index in [0.29, 0.717) is 21.0 Å². The number of amides is 2. The Bertz CT molecular complexity index is 870. The smallest absolute Gasteiger partial charge is 0.341 e. The first-order chi connectivity index (χ1) is 13.5. The van der Waals surface area contributed by atoms with E-state index in [2.05, 4.69) is 10.6 Å². The van der Waals surface area contributed by atoms with Crippen molar-refractivity contribution in [3.05, 3.63) is 51.9 Å². The van der Waals surface area contributed by atoms with Gasteiger partial charge in [0.05, 0.1) is 17.0 Å². The molecular formula is C21H24N2O4S. The summed E-state index contributed by atoms with van der Waals surface area (Å²) < 4.78 is 5.15. The molecule has 2 N–H and O–H groups in total. The molecule has 3 rings (SSSR count). The van der Waals surface area contributed by atoms with E-state index in [-0.39, 0.29) is 30.0 Å². The van der Waals surface area contributed by atoms with E-state index in [9.17, 15) is 14.4 Å². The van der Waals surface area contributed by atoms with Gasteiger partial charge in [-0.15, -0.1) is 11.3 Å². The van der Waals surface area contributed by atoms with E-state index >= 15 is 0 Å². The summed E-state index contributed by atoms with van der Waals surface area (Å²) in [6.07, 6.45) is 4.17. The predicted molar refractivity (Wildman–Crippen MR) is 109 cm³/mol. The van der Waals surface area contributed by atoms with Crippen LogP contribution in [-0.2, 0) is 4.74 Å². The molecule has 6 nitrogen and oxygen atoms in total. The van der Waals surface area contributed by atoms with Crippen molar-refractivity contribution in [1.82, 2.24) is 5.32 Å². The third-order valence-electron chi connectivity index (χ3n) is 4.79. The highest BCUT2D eigenvalue weighted by molar-refractivity contribution is 7.18. The summed E-state index contributed by atoms with van der Waals surface area (Å²) in [6, 6.07) is 8.90. The van der Waals surface area contributed by atoms with Crippen molar-refractivity contribution < 1.29 is 19.1 Å². The topological polar surface area (TPSA) is 84.5 Å². The van der Waals surface area contributed by atoms with Crippen LogP contribution in [0.25, 0.3) is 0 Å². The third-order valence-corrected chi connectivity index (χ3v) is 5.99. The molecule has 1 aromatic heterocycles. The van der Waals surface area contributed by atoms with Crippen molar-refractivity contribution >= 4 is 34.1 Å². The Labute approximate surface area is 168 Å². The van der Waals surface area contributed by atoms with E-state index in [1.54, 1.807) is 38.1 Å². The highest BCUT2D eigenvalue weighted by Gasteiger charge is 2.28. The minimum Gasteiger partial charge on any atom is -0.462 e. The summed E-state index contributed by atoms with van der Waals surface area (Å²) in [5, 5.41) is 6.15. The van der Waals surface area contributed by atoms with Gasteiger partial charge in [-0.3, -0.25) is 9.59 Å². The van der Waals surface area contributed by atoms with Crippen LogP contribution >= 0.6 is 11.3 Å². The fourth-order valence-corrected chi connectivity index (χ4v) is 4.45. The normalized spacial score (nSPS) is 13.9. The zero-order valence-corrected chi connectivity index (χ0v) is 16.9. The van der Waals surface area contributed by atoms with Gasteiger partial charge >= 0.3 is 5.97 Å². The van der Waals surface area contributed by atoms with Gasteiger partial charge in [-0.1, -0.05) is 31.0 Å². The number of rotatable bonds is 6. The van der Waals surface area contributed by atoms with Gasteiger partial charge in [0, 0.05) is 11.6 Å². The molecule has 0 radical (unpaired) electrons. The Morgan fingerprint density at radius 2 is 1.79 bits per heavy atom. The van der Waals surface area contributed by atoms with Gasteiger partial charge < -0.3 is 15.4 Å². The Morgan fingerprint density at radius 1 is 1.11 bits per heavy atom. The number of carbonyl (C=O) groups excluding carboxylic acids is 3. The molecule has 0 atom stereocenters. The molecule has 1 heterocycles. The Hall–Kier alpha value is -2.67. The van der Waals surface area contributed by atoms with E-state index in [0.717, 1.165) is 37.0 Å². The number of hydrogen-bond donors (Lipinski definition) is 2. The zero-order chi connectivity index (χ0) is 20.1. The second kappa shape index (κ2) is 9.01. The van der Waals surface area contributed by atoms with Crippen LogP contribution in [0.5, 0.6) is 0 Å². The maximum Gasteiger partial charge on any atom is 0.341 e. The molecule has 28 heavy (non-hydrogen) atoms. The summed E-state index contributed by atoms with van der Waals surface area (Å²) in [5.41, 5.74) is 1.25. The predicted octanol–water partition coefficient (Wildman–Crippen LogP) is 4.16. The molecule has 0 unspecified atom stereocenters. The van der Waals surface area contributed by atoms with Gasteiger partial charge in [0.25, 0.3) is 11.8 Å². The molecule has 0 aliphatic heterocycles. The summed E-state index contributed by atoms with van der Waals surface area (Å²) in [6.45, 7) is 3.64. The number of carbonyl (C=O) groups is 3. The van der Waals surface area contributed by atoms with Crippen LogP contribution in [0.3, 0.4) is 0 Å². The number of esters is 1. The third kappa shape index (κ3) is 4.42. The number of thiophene rings is 1. The molecule has 1 aliphatic carbocycles. The van der Waals surface area contributed by atoms with Crippen molar-refractivity contribution in [2.24, 2.45) is 0 Å². The second-order valence-corrected chi connectivity index (χ2v) is 7.78. The minimum atomic E-state index is -0.542. The highest BCUT2D eigenvalue weighted by Crippen LogP contribution is 2.34. The van der Waals surface area contributed by atoms with Crippen LogP contribution < -0.4 is 10.6 Å². The molecule has 7 heteroatoms. The minimum absolute atomic E-state index is 0.169. The molecule has 148 valence electrons. The monoisotopic (exact) mass is 400 g/mol. The maximum atomic E-state index is 12.8. The van der Waals surface area contributed by atoms with E-state index in [4.69, 9.17) is 4.74 Å². The average Bonchev–Trinajstić information content (AvgIpc) is 3.30. The van der Waals surface area contributed by atoms with Crippen molar-refractivity contribution in [3.63, 3.8) is 0 Å². The van der Waals surface area contributed by atoms with Crippen LogP contribution in [0.2, 0.25) is 0 Å². The van der Waals surface area contributed by atoms with Gasteiger partial charge in [-0.25, -0.2) is 4.79 Å². The zero-order valence-electron chi connectivity index (χ0n) is 16.0. The van der Waals surface area contributed by atoms with Gasteiger partial charge in [-0.05, 0) is 44.4 Å². The van der Waals surface area contributed by atoms with Gasteiger partial charge in [0.2, 0.25) is 0 Å². The van der Waals surface area contributed by atoms with E-state index in [1.807, 2.05) is 6.07 Å². The quantitative estimate of drug-likeness (QED) is 0.713. The van der Waals surface area contributed by atoms with Gasteiger partial charge in [0.15, 0.2) is 0 Å². The molecule has 0 saturated heterocycles. The summed E-state index contributed by atoms with van der Waals surface area (Å²) in [5.74, 6) is -1.09. The maximum absolute atomic E-state index is 12.8. The average molecular weight is 401 g/mol. The Morgan fingerprint density at radius 3 is 2.43 bits per heavy atom. The first-order valence-corrected chi connectivity index (χ1v) is 10.3. The molecule has 1 saturated carbocycles. The largest absolute Gasteiger partial charge is 0.462 e. The van der Waals surface area contributed by atoms with Crippen LogP contribution in [0.1, 0.15) is 68.6 Å². The first kappa shape index (κ1) is 20.1. The lowest BCUT2D eigenvalue weighted by atomic mass is 10.1. The van der Waals surface area contributed by atoms with Crippen LogP contribution in [0.15, 0.2) is 30.3 Å². The SMILES string of the molecule is CCOC(=O)c1c(NC(=O)c2ccccc2)sc(C(=O)NC2CCCC2)c1C. The number of hydrogen-bond acceptors (Lipinski definition) is 5. The van der Waals surface area contributed by atoms with Crippen molar-refractivity contribution in [2.45, 2.75) is 45.6 Å². The summed E-state index contributed by atoms with van der Waals surface area (Å²) in [7, 11) is 0. The number of anilines is 1. The van der Waals surface area contributed by atoms with Crippen molar-refractivity contribution in [3.8, 4) is 0 Å². The molecule has 0 bridgehead atoms. The number of benzene rings is 1. The van der Waals surface area contributed by atoms with Crippen LogP contribution in [-0.4, -0.2) is 30.4 Å². The molecule has 1 fully saturated rings. The standard InChI is InChI=1S/C21H24N2O4S/c1-3-27-21(26)16-13(2)17(19(25)22-15-11-7-8-12-15)28-20(16)23-18(24)14-9-5-4-6-10-14/h4-6,9-10,15H,3,7-8,11-12H2,1-2H3,(H,22,25)(H,23,24). The van der Waals surface area contributed by atoms with Crippen LogP contribution in [0, 0.1) is 6.92 Å². The molecule has 2 aromatic rings. The van der Waals surface area contributed by atoms with E-state index < -0.39 is 5.97 Å². The molecule has 1 aromatic carbocycles. The fourth-order valence-electron chi connectivity index (χ4n) is 3.35. The molecule has 2 amide bonds. The molecule has 1 aliphatic rings. The lowest BCUT2D eigenvalue weighted by Gasteiger charge is -2.11. The number of nitrogens with one attached hydrogen (secondary N) is 2. The summed E-state index contributed by atoms with van der Waals surface area (Å²) >= 11 is 1.11. The fraction of sp³-hybridized carbons (Fsp3) is 0.381. The molecular weight excluding hydrogens is 376 g/mol.